The van der Waals surface area contributed by atoms with Gasteiger partial charge in [0, 0.05) is 34.3 Å². The van der Waals surface area contributed by atoms with E-state index in [4.69, 9.17) is 4.74 Å². The van der Waals surface area contributed by atoms with Crippen LogP contribution < -0.4 is 10.6 Å². The average molecular weight is 267 g/mol. The lowest BCUT2D eigenvalue weighted by atomic mass is 10.5. The summed E-state index contributed by atoms with van der Waals surface area (Å²) in [7, 11) is 1.26. The number of hydrogen-bond donors (Lipinski definition) is 2. The van der Waals surface area contributed by atoms with E-state index in [9.17, 15) is 13.2 Å². The molecule has 0 saturated carbocycles. The molecular formula is C9H21N3O4S. The minimum atomic E-state index is -3.24. The summed E-state index contributed by atoms with van der Waals surface area (Å²) in [6.07, 6.45) is 0. The van der Waals surface area contributed by atoms with Crippen LogP contribution in [0.2, 0.25) is 0 Å². The first-order chi connectivity index (χ1) is 7.90. The summed E-state index contributed by atoms with van der Waals surface area (Å²) in [5.74, 6) is -0.320. The van der Waals surface area contributed by atoms with E-state index in [1.165, 1.54) is 14.1 Å². The number of amides is 1. The van der Waals surface area contributed by atoms with Crippen LogP contribution >= 0.6 is 0 Å². The molecular weight excluding hydrogens is 246 g/mol. The molecule has 0 aromatic heterocycles. The number of carbonyl (C=O) groups is 1. The van der Waals surface area contributed by atoms with E-state index in [0.717, 1.165) is 4.31 Å². The summed E-state index contributed by atoms with van der Waals surface area (Å²) in [5.41, 5.74) is 0. The number of sulfonamides is 1. The fourth-order valence-electron chi connectivity index (χ4n) is 0.941. The molecule has 0 spiro atoms. The van der Waals surface area contributed by atoms with Crippen molar-refractivity contribution in [2.45, 2.75) is 0 Å². The topological polar surface area (TPSA) is 87.7 Å². The second-order valence-electron chi connectivity index (χ2n) is 3.62. The van der Waals surface area contributed by atoms with E-state index in [1.807, 2.05) is 0 Å². The third-order valence-corrected chi connectivity index (χ3v) is 3.84. The van der Waals surface area contributed by atoms with E-state index >= 15 is 0 Å². The van der Waals surface area contributed by atoms with Crippen molar-refractivity contribution in [2.75, 3.05) is 53.2 Å². The van der Waals surface area contributed by atoms with Gasteiger partial charge in [-0.1, -0.05) is 0 Å². The van der Waals surface area contributed by atoms with Gasteiger partial charge in [-0.25, -0.2) is 12.7 Å². The molecule has 17 heavy (non-hydrogen) atoms. The lowest BCUT2D eigenvalue weighted by Gasteiger charge is -2.11. The molecule has 0 atom stereocenters. The highest BCUT2D eigenvalue weighted by Gasteiger charge is 2.13. The Bertz CT molecular complexity index is 316. The summed E-state index contributed by atoms with van der Waals surface area (Å²) in [6.45, 7) is 1.39. The number of methoxy groups -OCH3 is 1. The lowest BCUT2D eigenvalue weighted by molar-refractivity contribution is -0.120. The number of nitrogens with zero attached hydrogens (tertiary/aromatic N) is 1. The van der Waals surface area contributed by atoms with E-state index in [0.29, 0.717) is 13.2 Å². The fraction of sp³-hybridized carbons (Fsp3) is 0.889. The minimum Gasteiger partial charge on any atom is -0.383 e. The van der Waals surface area contributed by atoms with Crippen LogP contribution in [-0.4, -0.2) is 71.8 Å². The van der Waals surface area contributed by atoms with Crippen LogP contribution in [-0.2, 0) is 19.6 Å². The van der Waals surface area contributed by atoms with Crippen molar-refractivity contribution in [3.05, 3.63) is 0 Å². The van der Waals surface area contributed by atoms with Crippen LogP contribution in [0.15, 0.2) is 0 Å². The minimum absolute atomic E-state index is 0.0934. The normalized spacial score (nSPS) is 11.8. The Morgan fingerprint density at radius 1 is 1.29 bits per heavy atom. The van der Waals surface area contributed by atoms with Gasteiger partial charge >= 0.3 is 0 Å². The van der Waals surface area contributed by atoms with Crippen LogP contribution in [0.4, 0.5) is 0 Å². The first-order valence-corrected chi connectivity index (χ1v) is 6.87. The van der Waals surface area contributed by atoms with Gasteiger partial charge in [0.25, 0.3) is 0 Å². The Morgan fingerprint density at radius 3 is 2.47 bits per heavy atom. The Balaban J connectivity index is 3.65. The van der Waals surface area contributed by atoms with E-state index in [1.54, 1.807) is 7.11 Å². The standard InChI is InChI=1S/C9H21N3O4S/c1-12(2)17(14,15)7-5-11-9(13)8-10-4-6-16-3/h10H,4-8H2,1-3H3,(H,11,13). The molecule has 0 aromatic carbocycles. The molecule has 0 aromatic rings. The van der Waals surface area contributed by atoms with Crippen molar-refractivity contribution in [3.8, 4) is 0 Å². The second-order valence-corrected chi connectivity index (χ2v) is 5.92. The van der Waals surface area contributed by atoms with E-state index in [2.05, 4.69) is 10.6 Å². The fourth-order valence-corrected chi connectivity index (χ4v) is 1.67. The quantitative estimate of drug-likeness (QED) is 0.483. The molecule has 0 aliphatic rings. The third-order valence-electron chi connectivity index (χ3n) is 2.01. The number of ether oxygens (including phenoxy) is 1. The third kappa shape index (κ3) is 8.08. The zero-order chi connectivity index (χ0) is 13.3. The summed E-state index contributed by atoms with van der Waals surface area (Å²) >= 11 is 0. The number of nitrogens with one attached hydrogen (secondary N) is 2. The number of carbonyl (C=O) groups excluding carboxylic acids is 1. The van der Waals surface area contributed by atoms with Gasteiger partial charge in [-0.05, 0) is 0 Å². The van der Waals surface area contributed by atoms with Crippen LogP contribution in [0, 0.1) is 0 Å². The monoisotopic (exact) mass is 267 g/mol. The molecule has 2 N–H and O–H groups in total. The molecule has 0 aliphatic heterocycles. The van der Waals surface area contributed by atoms with Crippen LogP contribution in [0.1, 0.15) is 0 Å². The highest BCUT2D eigenvalue weighted by atomic mass is 32.2. The summed E-state index contributed by atoms with van der Waals surface area (Å²) in [6, 6.07) is 0. The van der Waals surface area contributed by atoms with Gasteiger partial charge in [-0.15, -0.1) is 0 Å². The summed E-state index contributed by atoms with van der Waals surface area (Å²) in [5, 5.41) is 5.38. The molecule has 8 heteroatoms. The molecule has 102 valence electrons. The smallest absolute Gasteiger partial charge is 0.233 e. The largest absolute Gasteiger partial charge is 0.383 e. The predicted octanol–water partition coefficient (Wildman–Crippen LogP) is -1.77. The molecule has 0 saturated heterocycles. The van der Waals surface area contributed by atoms with Gasteiger partial charge < -0.3 is 15.4 Å². The maximum Gasteiger partial charge on any atom is 0.233 e. The van der Waals surface area contributed by atoms with Gasteiger partial charge in [0.15, 0.2) is 0 Å². The molecule has 7 nitrogen and oxygen atoms in total. The van der Waals surface area contributed by atoms with Crippen molar-refractivity contribution in [1.29, 1.82) is 0 Å². The SMILES string of the molecule is COCCNCC(=O)NCCS(=O)(=O)N(C)C. The lowest BCUT2D eigenvalue weighted by Crippen LogP contribution is -2.38. The Morgan fingerprint density at radius 2 is 1.94 bits per heavy atom. The molecule has 0 rings (SSSR count). The molecule has 0 aliphatic carbocycles. The molecule has 0 radical (unpaired) electrons. The number of rotatable bonds is 9. The predicted molar refractivity (Wildman–Crippen MR) is 65.2 cm³/mol. The Labute approximate surface area is 103 Å². The maximum atomic E-state index is 11.4. The highest BCUT2D eigenvalue weighted by molar-refractivity contribution is 7.89. The summed E-state index contributed by atoms with van der Waals surface area (Å²) < 4.78 is 28.6. The van der Waals surface area contributed by atoms with Gasteiger partial charge in [0.1, 0.15) is 0 Å². The highest BCUT2D eigenvalue weighted by Crippen LogP contribution is 1.91. The second kappa shape index (κ2) is 8.40. The van der Waals surface area contributed by atoms with Gasteiger partial charge in [-0.3, -0.25) is 4.79 Å². The Hall–Kier alpha value is -0.700. The van der Waals surface area contributed by atoms with Gasteiger partial charge in [-0.2, -0.15) is 0 Å². The van der Waals surface area contributed by atoms with Crippen LogP contribution in [0.3, 0.4) is 0 Å². The Kier molecular flexibility index (Phi) is 8.05. The first kappa shape index (κ1) is 16.3. The molecule has 0 fully saturated rings. The van der Waals surface area contributed by atoms with Crippen molar-refractivity contribution in [1.82, 2.24) is 14.9 Å². The van der Waals surface area contributed by atoms with Crippen molar-refractivity contribution >= 4 is 15.9 Å². The maximum absolute atomic E-state index is 11.4. The van der Waals surface area contributed by atoms with Crippen LogP contribution in [0.25, 0.3) is 0 Å². The van der Waals surface area contributed by atoms with Crippen molar-refractivity contribution in [2.24, 2.45) is 0 Å². The average Bonchev–Trinajstić information content (AvgIpc) is 2.24. The summed E-state index contributed by atoms with van der Waals surface area (Å²) in [4.78, 5) is 11.2. The van der Waals surface area contributed by atoms with E-state index < -0.39 is 10.0 Å². The molecule has 0 bridgehead atoms. The van der Waals surface area contributed by atoms with Crippen LogP contribution in [0.5, 0.6) is 0 Å². The zero-order valence-corrected chi connectivity index (χ0v) is 11.3. The molecule has 0 unspecified atom stereocenters. The number of hydrogen-bond acceptors (Lipinski definition) is 5. The zero-order valence-electron chi connectivity index (χ0n) is 10.5. The molecule has 1 amide bonds. The van der Waals surface area contributed by atoms with Crippen molar-refractivity contribution < 1.29 is 17.9 Å². The molecule has 0 heterocycles. The van der Waals surface area contributed by atoms with Gasteiger partial charge in [0.05, 0.1) is 18.9 Å². The van der Waals surface area contributed by atoms with E-state index in [-0.39, 0.29) is 24.7 Å². The van der Waals surface area contributed by atoms with Gasteiger partial charge in [0.2, 0.25) is 15.9 Å². The first-order valence-electron chi connectivity index (χ1n) is 5.26. The van der Waals surface area contributed by atoms with Crippen molar-refractivity contribution in [3.63, 3.8) is 0 Å².